The van der Waals surface area contributed by atoms with Gasteiger partial charge in [-0.05, 0) is 48.9 Å². The fourth-order valence-electron chi connectivity index (χ4n) is 3.75. The Morgan fingerprint density at radius 3 is 2.48 bits per heavy atom. The molecule has 0 fully saturated rings. The largest absolute Gasteiger partial charge is 0.354 e. The number of anilines is 1. The number of rotatable bonds is 8. The van der Waals surface area contributed by atoms with Crippen LogP contribution < -0.4 is 10.6 Å². The van der Waals surface area contributed by atoms with E-state index in [2.05, 4.69) is 90.1 Å². The van der Waals surface area contributed by atoms with Gasteiger partial charge in [-0.2, -0.15) is 0 Å². The molecule has 0 saturated carbocycles. The molecule has 3 aromatic rings. The lowest BCUT2D eigenvalue weighted by Gasteiger charge is -2.11. The average Bonchev–Trinajstić information content (AvgIpc) is 3.27. The molecule has 1 aliphatic rings. The summed E-state index contributed by atoms with van der Waals surface area (Å²) in [6.45, 7) is 6.15. The maximum atomic E-state index is 4.88. The van der Waals surface area contributed by atoms with Crippen LogP contribution >= 0.6 is 0 Å². The molecule has 0 saturated heterocycles. The van der Waals surface area contributed by atoms with Gasteiger partial charge in [-0.1, -0.05) is 56.3 Å². The van der Waals surface area contributed by atoms with Crippen LogP contribution in [0.1, 0.15) is 37.4 Å². The fraction of sp³-hybridized carbons (Fsp3) is 0.346. The highest BCUT2D eigenvalue weighted by Crippen LogP contribution is 2.22. The van der Waals surface area contributed by atoms with Crippen molar-refractivity contribution in [2.75, 3.05) is 18.4 Å². The molecule has 2 N–H and O–H groups in total. The molecule has 0 spiro atoms. The van der Waals surface area contributed by atoms with Crippen LogP contribution in [0, 0.1) is 5.92 Å². The monoisotopic (exact) mass is 413 g/mol. The van der Waals surface area contributed by atoms with Crippen molar-refractivity contribution < 1.29 is 0 Å². The number of aryl methyl sites for hydroxylation is 2. The van der Waals surface area contributed by atoms with Crippen molar-refractivity contribution in [3.05, 3.63) is 77.7 Å². The molecule has 1 aliphatic heterocycles. The van der Waals surface area contributed by atoms with Gasteiger partial charge in [0.05, 0.1) is 12.2 Å². The predicted molar refractivity (Wildman–Crippen MR) is 128 cm³/mol. The summed E-state index contributed by atoms with van der Waals surface area (Å²) >= 11 is 0. The minimum absolute atomic E-state index is 0.527. The number of guanidine groups is 1. The van der Waals surface area contributed by atoms with E-state index >= 15 is 0 Å². The molecule has 0 radical (unpaired) electrons. The third-order valence-corrected chi connectivity index (χ3v) is 5.28. The van der Waals surface area contributed by atoms with Gasteiger partial charge in [-0.25, -0.2) is 9.97 Å². The first kappa shape index (κ1) is 21.0. The van der Waals surface area contributed by atoms with Crippen LogP contribution in [0.15, 0.2) is 65.7 Å². The van der Waals surface area contributed by atoms with Gasteiger partial charge in [0.25, 0.3) is 0 Å². The lowest BCUT2D eigenvalue weighted by molar-refractivity contribution is 0.616. The molecule has 0 atom stereocenters. The van der Waals surface area contributed by atoms with Crippen LogP contribution in [0.2, 0.25) is 0 Å². The fourth-order valence-corrected chi connectivity index (χ4v) is 3.75. The Kier molecular flexibility index (Phi) is 6.92. The lowest BCUT2D eigenvalue weighted by Crippen LogP contribution is -2.26. The number of hydrogen-bond acceptors (Lipinski definition) is 5. The summed E-state index contributed by atoms with van der Waals surface area (Å²) in [6, 6.07) is 21.2. The van der Waals surface area contributed by atoms with Crippen LogP contribution in [0.4, 0.5) is 5.69 Å². The second-order valence-corrected chi connectivity index (χ2v) is 8.46. The zero-order valence-electron chi connectivity index (χ0n) is 18.4. The lowest BCUT2D eigenvalue weighted by atomic mass is 10.0. The summed E-state index contributed by atoms with van der Waals surface area (Å²) < 4.78 is 0. The highest BCUT2D eigenvalue weighted by Gasteiger charge is 2.10. The van der Waals surface area contributed by atoms with Crippen LogP contribution in [0.5, 0.6) is 0 Å². The Bertz CT molecular complexity index is 1010. The number of nitrogens with zero attached hydrogens (tertiary/aromatic N) is 3. The zero-order valence-corrected chi connectivity index (χ0v) is 18.4. The highest BCUT2D eigenvalue weighted by molar-refractivity contribution is 5.94. The minimum Gasteiger partial charge on any atom is -0.354 e. The van der Waals surface area contributed by atoms with Crippen molar-refractivity contribution in [1.29, 1.82) is 0 Å². The molecule has 5 nitrogen and oxygen atoms in total. The van der Waals surface area contributed by atoms with Gasteiger partial charge in [0.15, 0.2) is 5.96 Å². The molecule has 31 heavy (non-hydrogen) atoms. The summed E-state index contributed by atoms with van der Waals surface area (Å²) in [5.74, 6) is 2.31. The second kappa shape index (κ2) is 10.2. The van der Waals surface area contributed by atoms with E-state index in [0.717, 1.165) is 73.2 Å². The number of benzene rings is 2. The van der Waals surface area contributed by atoms with Crippen LogP contribution in [0.3, 0.4) is 0 Å². The van der Waals surface area contributed by atoms with E-state index in [0.29, 0.717) is 5.92 Å². The van der Waals surface area contributed by atoms with E-state index in [1.54, 1.807) is 0 Å². The summed E-state index contributed by atoms with van der Waals surface area (Å²) in [6.07, 6.45) is 4.00. The molecular weight excluding hydrogens is 382 g/mol. The van der Waals surface area contributed by atoms with Crippen molar-refractivity contribution in [2.24, 2.45) is 10.9 Å². The van der Waals surface area contributed by atoms with E-state index in [1.165, 1.54) is 5.56 Å². The highest BCUT2D eigenvalue weighted by atomic mass is 15.2. The van der Waals surface area contributed by atoms with Crippen LogP contribution in [-0.4, -0.2) is 29.0 Å². The Hall–Kier alpha value is -3.21. The topological polar surface area (TPSA) is 62.2 Å². The third-order valence-electron chi connectivity index (χ3n) is 5.28. The Balaban J connectivity index is 1.49. The van der Waals surface area contributed by atoms with E-state index in [-0.39, 0.29) is 0 Å². The number of hydrogen-bond donors (Lipinski definition) is 2. The summed E-state index contributed by atoms with van der Waals surface area (Å²) in [5.41, 5.74) is 5.65. The van der Waals surface area contributed by atoms with Gasteiger partial charge in [-0.3, -0.25) is 4.99 Å². The van der Waals surface area contributed by atoms with Gasteiger partial charge in [0.1, 0.15) is 5.82 Å². The second-order valence-electron chi connectivity index (χ2n) is 8.46. The quantitative estimate of drug-likeness (QED) is 0.552. The van der Waals surface area contributed by atoms with Crippen molar-refractivity contribution in [3.8, 4) is 11.3 Å². The normalized spacial score (nSPS) is 13.2. The smallest absolute Gasteiger partial charge is 0.195 e. The van der Waals surface area contributed by atoms with Crippen molar-refractivity contribution >= 4 is 11.6 Å². The Labute approximate surface area is 185 Å². The maximum Gasteiger partial charge on any atom is 0.195 e. The van der Waals surface area contributed by atoms with E-state index in [9.17, 15) is 0 Å². The van der Waals surface area contributed by atoms with Crippen molar-refractivity contribution in [2.45, 2.75) is 39.5 Å². The third kappa shape index (κ3) is 6.14. The standard InChI is InChI=1S/C26H31N5/c1-19(2)17-25-29-23(10-6-9-20-7-4-3-5-8-20)18-24(31-25)21-11-13-22(14-12-21)30-26-27-15-16-28-26/h3-5,7-8,11-14,18-19H,6,9-10,15-17H2,1-2H3,(H2,27,28,30). The molecule has 2 heterocycles. The number of nitrogens with one attached hydrogen (secondary N) is 2. The molecule has 160 valence electrons. The summed E-state index contributed by atoms with van der Waals surface area (Å²) in [4.78, 5) is 14.1. The van der Waals surface area contributed by atoms with E-state index in [1.807, 2.05) is 0 Å². The average molecular weight is 414 g/mol. The molecule has 2 aromatic carbocycles. The molecule has 0 aliphatic carbocycles. The molecule has 0 bridgehead atoms. The first-order chi connectivity index (χ1) is 15.2. The van der Waals surface area contributed by atoms with Gasteiger partial charge in [-0.15, -0.1) is 0 Å². The van der Waals surface area contributed by atoms with Gasteiger partial charge >= 0.3 is 0 Å². The van der Waals surface area contributed by atoms with Gasteiger partial charge in [0.2, 0.25) is 0 Å². The SMILES string of the molecule is CC(C)Cc1nc(CCCc2ccccc2)cc(-c2ccc(NC3=NCCN3)cc2)n1. The molecule has 1 aromatic heterocycles. The first-order valence-electron chi connectivity index (χ1n) is 11.2. The van der Waals surface area contributed by atoms with Crippen molar-refractivity contribution in [1.82, 2.24) is 15.3 Å². The Morgan fingerprint density at radius 1 is 0.968 bits per heavy atom. The molecule has 0 amide bonds. The van der Waals surface area contributed by atoms with E-state index < -0.39 is 0 Å². The number of aliphatic imine (C=N–C) groups is 1. The predicted octanol–water partition coefficient (Wildman–Crippen LogP) is 4.89. The molecular formula is C26H31N5. The molecule has 5 heteroatoms. The first-order valence-corrected chi connectivity index (χ1v) is 11.2. The molecule has 0 unspecified atom stereocenters. The van der Waals surface area contributed by atoms with Crippen molar-refractivity contribution in [3.63, 3.8) is 0 Å². The summed E-state index contributed by atoms with van der Waals surface area (Å²) in [7, 11) is 0. The minimum atomic E-state index is 0.527. The van der Waals surface area contributed by atoms with E-state index in [4.69, 9.17) is 9.97 Å². The maximum absolute atomic E-state index is 4.88. The number of aromatic nitrogens is 2. The Morgan fingerprint density at radius 2 is 1.77 bits per heavy atom. The van der Waals surface area contributed by atoms with Crippen LogP contribution in [0.25, 0.3) is 11.3 Å². The summed E-state index contributed by atoms with van der Waals surface area (Å²) in [5, 5.41) is 6.55. The van der Waals surface area contributed by atoms with Gasteiger partial charge < -0.3 is 10.6 Å². The molecule has 4 rings (SSSR count). The van der Waals surface area contributed by atoms with Crippen LogP contribution in [-0.2, 0) is 19.3 Å². The van der Waals surface area contributed by atoms with Gasteiger partial charge in [0, 0.05) is 29.9 Å². The zero-order chi connectivity index (χ0) is 21.5.